The van der Waals surface area contributed by atoms with Crippen LogP contribution in [0.15, 0.2) is 6.33 Å². The lowest BCUT2D eigenvalue weighted by atomic mass is 9.74. The number of rotatable bonds is 7. The summed E-state index contributed by atoms with van der Waals surface area (Å²) in [7, 11) is 0. The first-order valence-electron chi connectivity index (χ1n) is 16.0. The van der Waals surface area contributed by atoms with E-state index in [0.717, 1.165) is 82.8 Å². The van der Waals surface area contributed by atoms with Crippen LogP contribution in [0.1, 0.15) is 113 Å². The van der Waals surface area contributed by atoms with Gasteiger partial charge in [-0.2, -0.15) is 0 Å². The second-order valence-electron chi connectivity index (χ2n) is 13.4. The predicted octanol–water partition coefficient (Wildman–Crippen LogP) is 5.76. The van der Waals surface area contributed by atoms with Crippen LogP contribution in [0.3, 0.4) is 0 Å². The molecule has 1 saturated carbocycles. The largest absolute Gasteiger partial charge is 0.442 e. The first-order valence-corrected chi connectivity index (χ1v) is 16.0. The highest BCUT2D eigenvalue weighted by Gasteiger charge is 2.51. The van der Waals surface area contributed by atoms with Crippen LogP contribution >= 0.6 is 0 Å². The number of aryl methyl sites for hydroxylation is 2. The SMILES string of the molecule is CCCC[C@@H]1CN(CC2CCCCC2)C(=O)OC12CCN(C1(C)CCN(C(=O)c3c(C)ncnc3C)CC1)CC2. The molecule has 1 aromatic rings. The van der Waals surface area contributed by atoms with E-state index in [4.69, 9.17) is 4.74 Å². The molecule has 8 heteroatoms. The molecule has 0 radical (unpaired) electrons. The summed E-state index contributed by atoms with van der Waals surface area (Å²) in [6.45, 7) is 13.5. The van der Waals surface area contributed by atoms with Crippen LogP contribution in [0.5, 0.6) is 0 Å². The summed E-state index contributed by atoms with van der Waals surface area (Å²) >= 11 is 0. The highest BCUT2D eigenvalue weighted by molar-refractivity contribution is 5.96. The third kappa shape index (κ3) is 6.02. The van der Waals surface area contributed by atoms with Gasteiger partial charge in [0.05, 0.1) is 17.0 Å². The first-order chi connectivity index (χ1) is 19.2. The fourth-order valence-electron chi connectivity index (χ4n) is 7.97. The molecule has 4 heterocycles. The number of ether oxygens (including phenoxy) is 1. The number of piperidine rings is 2. The number of likely N-dealkylation sites (tertiary alicyclic amines) is 2. The van der Waals surface area contributed by atoms with E-state index in [0.29, 0.717) is 17.4 Å². The molecule has 1 atom stereocenters. The van der Waals surface area contributed by atoms with Gasteiger partial charge in [0.2, 0.25) is 0 Å². The van der Waals surface area contributed by atoms with E-state index in [9.17, 15) is 9.59 Å². The van der Waals surface area contributed by atoms with Gasteiger partial charge in [0, 0.05) is 63.6 Å². The molecule has 3 aliphatic heterocycles. The number of amides is 2. The van der Waals surface area contributed by atoms with Gasteiger partial charge in [0.25, 0.3) is 5.91 Å². The Bertz CT molecular complexity index is 1020. The zero-order valence-electron chi connectivity index (χ0n) is 25.4. The molecule has 1 aliphatic carbocycles. The summed E-state index contributed by atoms with van der Waals surface area (Å²) < 4.78 is 6.46. The van der Waals surface area contributed by atoms with Gasteiger partial charge in [0.1, 0.15) is 11.9 Å². The minimum absolute atomic E-state index is 0.0558. The van der Waals surface area contributed by atoms with Gasteiger partial charge in [-0.25, -0.2) is 14.8 Å². The Labute approximate surface area is 241 Å². The summed E-state index contributed by atoms with van der Waals surface area (Å²) in [4.78, 5) is 41.8. The van der Waals surface area contributed by atoms with Crippen molar-refractivity contribution in [3.05, 3.63) is 23.3 Å². The molecular formula is C32H51N5O3. The fourth-order valence-corrected chi connectivity index (χ4v) is 7.97. The van der Waals surface area contributed by atoms with Crippen LogP contribution in [0.4, 0.5) is 4.79 Å². The van der Waals surface area contributed by atoms with Crippen molar-refractivity contribution in [3.8, 4) is 0 Å². The van der Waals surface area contributed by atoms with Crippen molar-refractivity contribution in [3.63, 3.8) is 0 Å². The number of hydrogen-bond acceptors (Lipinski definition) is 6. The molecule has 222 valence electrons. The van der Waals surface area contributed by atoms with Gasteiger partial charge in [-0.05, 0) is 58.8 Å². The molecule has 0 N–H and O–H groups in total. The molecule has 4 fully saturated rings. The number of hydrogen-bond donors (Lipinski definition) is 0. The van der Waals surface area contributed by atoms with Crippen molar-refractivity contribution >= 4 is 12.0 Å². The normalized spacial score (nSPS) is 25.7. The molecule has 1 aromatic heterocycles. The smallest absolute Gasteiger partial charge is 0.410 e. The van der Waals surface area contributed by atoms with Gasteiger partial charge in [-0.3, -0.25) is 9.69 Å². The maximum absolute atomic E-state index is 13.3. The number of unbranched alkanes of at least 4 members (excludes halogenated alkanes) is 1. The van der Waals surface area contributed by atoms with E-state index in [2.05, 4.69) is 33.6 Å². The minimum atomic E-state index is -0.318. The molecule has 4 aliphatic rings. The zero-order valence-corrected chi connectivity index (χ0v) is 25.4. The van der Waals surface area contributed by atoms with Crippen LogP contribution in [0, 0.1) is 25.7 Å². The number of carbonyl (C=O) groups excluding carboxylic acids is 2. The van der Waals surface area contributed by atoms with Crippen molar-refractivity contribution in [2.45, 2.75) is 116 Å². The maximum Gasteiger partial charge on any atom is 0.410 e. The average Bonchev–Trinajstić information content (AvgIpc) is 2.95. The monoisotopic (exact) mass is 553 g/mol. The second-order valence-corrected chi connectivity index (χ2v) is 13.4. The van der Waals surface area contributed by atoms with Crippen LogP contribution in [0.25, 0.3) is 0 Å². The van der Waals surface area contributed by atoms with Crippen LogP contribution in [0.2, 0.25) is 0 Å². The number of nitrogens with zero attached hydrogens (tertiary/aromatic N) is 5. The van der Waals surface area contributed by atoms with E-state index in [-0.39, 0.29) is 23.1 Å². The fraction of sp³-hybridized carbons (Fsp3) is 0.812. The zero-order chi connectivity index (χ0) is 28.3. The summed E-state index contributed by atoms with van der Waals surface area (Å²) in [5.41, 5.74) is 1.90. The highest BCUT2D eigenvalue weighted by Crippen LogP contribution is 2.43. The molecule has 8 nitrogen and oxygen atoms in total. The topological polar surface area (TPSA) is 78.9 Å². The Morgan fingerprint density at radius 1 is 1.00 bits per heavy atom. The number of carbonyl (C=O) groups is 2. The molecule has 5 rings (SSSR count). The molecule has 0 unspecified atom stereocenters. The molecule has 0 bridgehead atoms. The van der Waals surface area contributed by atoms with Gasteiger partial charge < -0.3 is 14.5 Å². The molecule has 40 heavy (non-hydrogen) atoms. The summed E-state index contributed by atoms with van der Waals surface area (Å²) in [6.07, 6.45) is 15.2. The van der Waals surface area contributed by atoms with Crippen molar-refractivity contribution in [1.29, 1.82) is 0 Å². The van der Waals surface area contributed by atoms with Gasteiger partial charge in [-0.15, -0.1) is 0 Å². The average molecular weight is 554 g/mol. The Balaban J connectivity index is 1.19. The van der Waals surface area contributed by atoms with Crippen LogP contribution in [-0.4, -0.2) is 87.1 Å². The quantitative estimate of drug-likeness (QED) is 0.427. The van der Waals surface area contributed by atoms with Crippen molar-refractivity contribution in [2.75, 3.05) is 39.3 Å². The number of aromatic nitrogens is 2. The lowest BCUT2D eigenvalue weighted by molar-refractivity contribution is -0.134. The van der Waals surface area contributed by atoms with E-state index in [1.807, 2.05) is 18.7 Å². The molecule has 3 saturated heterocycles. The summed E-state index contributed by atoms with van der Waals surface area (Å²) in [5.74, 6) is 1.12. The van der Waals surface area contributed by atoms with E-state index < -0.39 is 0 Å². The van der Waals surface area contributed by atoms with Gasteiger partial charge in [-0.1, -0.05) is 39.0 Å². The summed E-state index contributed by atoms with van der Waals surface area (Å²) in [6, 6.07) is 0. The van der Waals surface area contributed by atoms with E-state index in [1.165, 1.54) is 51.3 Å². The van der Waals surface area contributed by atoms with Crippen molar-refractivity contribution < 1.29 is 14.3 Å². The maximum atomic E-state index is 13.3. The standard InChI is InChI=1S/C32H51N5O3/c1-5-6-12-27-22-36(21-26-10-8-7-9-11-26)30(39)40-32(27)15-19-37(20-16-32)31(4)13-17-35(18-14-31)29(38)28-24(2)33-23-34-25(28)3/h23,26-27H,5-22H2,1-4H3/t27-/m1/s1. The van der Waals surface area contributed by atoms with Gasteiger partial charge >= 0.3 is 6.09 Å². The van der Waals surface area contributed by atoms with Gasteiger partial charge in [0.15, 0.2) is 0 Å². The Kier molecular flexibility index (Phi) is 9.03. The lowest BCUT2D eigenvalue weighted by Crippen LogP contribution is -2.63. The third-order valence-electron chi connectivity index (χ3n) is 10.8. The molecule has 0 aromatic carbocycles. The van der Waals surface area contributed by atoms with Crippen LogP contribution < -0.4 is 0 Å². The predicted molar refractivity (Wildman–Crippen MR) is 156 cm³/mol. The molecular weight excluding hydrogens is 502 g/mol. The minimum Gasteiger partial charge on any atom is -0.442 e. The summed E-state index contributed by atoms with van der Waals surface area (Å²) in [5, 5.41) is 0. The lowest BCUT2D eigenvalue weighted by Gasteiger charge is -2.55. The van der Waals surface area contributed by atoms with Crippen molar-refractivity contribution in [1.82, 2.24) is 24.7 Å². The second kappa shape index (κ2) is 12.3. The molecule has 1 spiro atoms. The van der Waals surface area contributed by atoms with Crippen molar-refractivity contribution in [2.24, 2.45) is 11.8 Å². The van der Waals surface area contributed by atoms with E-state index >= 15 is 0 Å². The third-order valence-corrected chi connectivity index (χ3v) is 10.8. The van der Waals surface area contributed by atoms with Crippen LogP contribution in [-0.2, 0) is 4.74 Å². The highest BCUT2D eigenvalue weighted by atomic mass is 16.6. The molecule has 2 amide bonds. The Morgan fingerprint density at radius 3 is 2.27 bits per heavy atom. The Hall–Kier alpha value is -2.22. The van der Waals surface area contributed by atoms with E-state index in [1.54, 1.807) is 0 Å². The first kappa shape index (κ1) is 29.3. The Morgan fingerprint density at radius 2 is 1.65 bits per heavy atom.